The summed E-state index contributed by atoms with van der Waals surface area (Å²) in [5.41, 5.74) is 5.87. The average Bonchev–Trinajstić information content (AvgIpc) is 2.46. The van der Waals surface area contributed by atoms with Gasteiger partial charge >= 0.3 is 0 Å². The molecule has 0 bridgehead atoms. The number of piperidine rings is 1. The van der Waals surface area contributed by atoms with E-state index in [1.54, 1.807) is 0 Å². The van der Waals surface area contributed by atoms with Gasteiger partial charge in [0.05, 0.1) is 11.5 Å². The maximum atomic E-state index is 11.3. The standard InChI is InChI=1S/C9H18N2O2S/c10-8-2-1-4-11(6-8)9-3-5-14(12,13)7-9/h8-9H,1-7,10H2/t8-,9+/m0/s1. The Hall–Kier alpha value is -0.130. The van der Waals surface area contributed by atoms with Gasteiger partial charge in [-0.2, -0.15) is 0 Å². The van der Waals surface area contributed by atoms with Crippen LogP contribution in [0.15, 0.2) is 0 Å². The zero-order valence-corrected chi connectivity index (χ0v) is 9.17. The van der Waals surface area contributed by atoms with Crippen LogP contribution in [0.1, 0.15) is 19.3 Å². The minimum Gasteiger partial charge on any atom is -0.327 e. The topological polar surface area (TPSA) is 63.4 Å². The Morgan fingerprint density at radius 1 is 1.29 bits per heavy atom. The molecule has 0 unspecified atom stereocenters. The highest BCUT2D eigenvalue weighted by Crippen LogP contribution is 2.21. The fraction of sp³-hybridized carbons (Fsp3) is 1.00. The maximum absolute atomic E-state index is 11.3. The van der Waals surface area contributed by atoms with Gasteiger partial charge in [0.2, 0.25) is 0 Å². The van der Waals surface area contributed by atoms with Gasteiger partial charge in [0.25, 0.3) is 0 Å². The van der Waals surface area contributed by atoms with E-state index in [9.17, 15) is 8.42 Å². The van der Waals surface area contributed by atoms with E-state index in [1.807, 2.05) is 0 Å². The van der Waals surface area contributed by atoms with Gasteiger partial charge in [-0.1, -0.05) is 0 Å². The highest BCUT2D eigenvalue weighted by Gasteiger charge is 2.33. The van der Waals surface area contributed by atoms with E-state index in [0.29, 0.717) is 11.5 Å². The molecule has 0 amide bonds. The fourth-order valence-electron chi connectivity index (χ4n) is 2.44. The molecule has 2 atom stereocenters. The summed E-state index contributed by atoms with van der Waals surface area (Å²) in [6.07, 6.45) is 2.99. The molecule has 2 rings (SSSR count). The molecule has 2 saturated heterocycles. The number of nitrogens with zero attached hydrogens (tertiary/aromatic N) is 1. The van der Waals surface area contributed by atoms with Crippen LogP contribution in [0, 0.1) is 0 Å². The Morgan fingerprint density at radius 3 is 2.64 bits per heavy atom. The summed E-state index contributed by atoms with van der Waals surface area (Å²) in [6.45, 7) is 1.90. The summed E-state index contributed by atoms with van der Waals surface area (Å²) in [6, 6.07) is 0.485. The molecular formula is C9H18N2O2S. The molecule has 2 N–H and O–H groups in total. The van der Waals surface area contributed by atoms with Crippen molar-refractivity contribution in [3.05, 3.63) is 0 Å². The maximum Gasteiger partial charge on any atom is 0.151 e. The Balaban J connectivity index is 1.96. The number of rotatable bonds is 1. The summed E-state index contributed by atoms with van der Waals surface area (Å²) < 4.78 is 22.6. The zero-order valence-electron chi connectivity index (χ0n) is 8.35. The summed E-state index contributed by atoms with van der Waals surface area (Å²) in [7, 11) is -2.74. The third-order valence-electron chi connectivity index (χ3n) is 3.21. The van der Waals surface area contributed by atoms with Crippen LogP contribution in [0.5, 0.6) is 0 Å². The van der Waals surface area contributed by atoms with E-state index in [0.717, 1.165) is 32.4 Å². The predicted molar refractivity (Wildman–Crippen MR) is 55.8 cm³/mol. The van der Waals surface area contributed by atoms with E-state index in [2.05, 4.69) is 4.90 Å². The lowest BCUT2D eigenvalue weighted by Crippen LogP contribution is -2.48. The van der Waals surface area contributed by atoms with E-state index >= 15 is 0 Å². The minimum absolute atomic E-state index is 0.242. The molecule has 0 aromatic carbocycles. The molecule has 0 aliphatic carbocycles. The average molecular weight is 218 g/mol. The van der Waals surface area contributed by atoms with Crippen molar-refractivity contribution in [3.63, 3.8) is 0 Å². The highest BCUT2D eigenvalue weighted by atomic mass is 32.2. The second kappa shape index (κ2) is 3.79. The third-order valence-corrected chi connectivity index (χ3v) is 4.96. The lowest BCUT2D eigenvalue weighted by atomic mass is 10.0. The second-order valence-electron chi connectivity index (χ2n) is 4.45. The van der Waals surface area contributed by atoms with E-state index < -0.39 is 9.84 Å². The zero-order chi connectivity index (χ0) is 10.2. The Bertz CT molecular complexity index is 302. The van der Waals surface area contributed by atoms with Gasteiger partial charge in [-0.05, 0) is 25.8 Å². The summed E-state index contributed by atoms with van der Waals surface area (Å²) in [5.74, 6) is 0.711. The summed E-state index contributed by atoms with van der Waals surface area (Å²) in [4.78, 5) is 2.26. The molecule has 0 radical (unpaired) electrons. The quantitative estimate of drug-likeness (QED) is 0.650. The first-order valence-corrected chi connectivity index (χ1v) is 7.09. The molecule has 5 heteroatoms. The molecule has 14 heavy (non-hydrogen) atoms. The number of hydrogen-bond acceptors (Lipinski definition) is 4. The molecule has 2 aliphatic rings. The molecule has 82 valence electrons. The van der Waals surface area contributed by atoms with Gasteiger partial charge < -0.3 is 5.73 Å². The second-order valence-corrected chi connectivity index (χ2v) is 6.68. The minimum atomic E-state index is -2.74. The fourth-order valence-corrected chi connectivity index (χ4v) is 4.20. The van der Waals surface area contributed by atoms with Gasteiger partial charge in [0.15, 0.2) is 9.84 Å². The van der Waals surface area contributed by atoms with E-state index in [4.69, 9.17) is 5.73 Å². The molecule has 0 aromatic rings. The van der Waals surface area contributed by atoms with Gasteiger partial charge in [0.1, 0.15) is 0 Å². The third kappa shape index (κ3) is 2.27. The number of nitrogens with two attached hydrogens (primary N) is 1. The summed E-state index contributed by atoms with van der Waals surface area (Å²) >= 11 is 0. The Labute approximate surface area is 85.4 Å². The first-order valence-electron chi connectivity index (χ1n) is 5.27. The van der Waals surface area contributed by atoms with E-state index in [1.165, 1.54) is 0 Å². The first kappa shape index (κ1) is 10.4. The van der Waals surface area contributed by atoms with Gasteiger partial charge in [-0.15, -0.1) is 0 Å². The van der Waals surface area contributed by atoms with Crippen molar-refractivity contribution in [2.24, 2.45) is 5.73 Å². The monoisotopic (exact) mass is 218 g/mol. The molecule has 0 spiro atoms. The van der Waals surface area contributed by atoms with Crippen molar-refractivity contribution in [2.45, 2.75) is 31.3 Å². The van der Waals surface area contributed by atoms with Crippen molar-refractivity contribution in [1.82, 2.24) is 4.90 Å². The highest BCUT2D eigenvalue weighted by molar-refractivity contribution is 7.91. The smallest absolute Gasteiger partial charge is 0.151 e. The predicted octanol–water partition coefficient (Wildman–Crippen LogP) is -0.403. The van der Waals surface area contributed by atoms with Crippen molar-refractivity contribution in [2.75, 3.05) is 24.6 Å². The van der Waals surface area contributed by atoms with Crippen LogP contribution in [0.25, 0.3) is 0 Å². The van der Waals surface area contributed by atoms with Crippen molar-refractivity contribution < 1.29 is 8.42 Å². The van der Waals surface area contributed by atoms with E-state index in [-0.39, 0.29) is 12.1 Å². The Kier molecular flexibility index (Phi) is 2.81. The Morgan fingerprint density at radius 2 is 2.07 bits per heavy atom. The lowest BCUT2D eigenvalue weighted by Gasteiger charge is -2.34. The molecule has 2 fully saturated rings. The molecule has 2 heterocycles. The van der Waals surface area contributed by atoms with Crippen LogP contribution in [0.2, 0.25) is 0 Å². The van der Waals surface area contributed by atoms with Crippen molar-refractivity contribution in [3.8, 4) is 0 Å². The van der Waals surface area contributed by atoms with Gasteiger partial charge in [-0.3, -0.25) is 4.90 Å². The summed E-state index contributed by atoms with van der Waals surface area (Å²) in [5, 5.41) is 0. The van der Waals surface area contributed by atoms with Crippen LogP contribution in [0.4, 0.5) is 0 Å². The molecule has 4 nitrogen and oxygen atoms in total. The van der Waals surface area contributed by atoms with Crippen molar-refractivity contribution >= 4 is 9.84 Å². The van der Waals surface area contributed by atoms with Crippen LogP contribution < -0.4 is 5.73 Å². The molecule has 0 saturated carbocycles. The SMILES string of the molecule is N[C@H]1CCCN([C@@H]2CCS(=O)(=O)C2)C1. The molecule has 2 aliphatic heterocycles. The lowest BCUT2D eigenvalue weighted by molar-refractivity contribution is 0.162. The number of likely N-dealkylation sites (tertiary alicyclic amines) is 1. The van der Waals surface area contributed by atoms with Crippen LogP contribution >= 0.6 is 0 Å². The normalized spacial score (nSPS) is 38.6. The van der Waals surface area contributed by atoms with Gasteiger partial charge in [0, 0.05) is 18.6 Å². The van der Waals surface area contributed by atoms with Gasteiger partial charge in [-0.25, -0.2) is 8.42 Å². The van der Waals surface area contributed by atoms with Crippen LogP contribution in [0.3, 0.4) is 0 Å². The molecule has 0 aromatic heterocycles. The van der Waals surface area contributed by atoms with Crippen molar-refractivity contribution in [1.29, 1.82) is 0 Å². The van der Waals surface area contributed by atoms with Crippen LogP contribution in [-0.4, -0.2) is 50.0 Å². The first-order chi connectivity index (χ1) is 6.57. The van der Waals surface area contributed by atoms with Crippen LogP contribution in [-0.2, 0) is 9.84 Å². The largest absolute Gasteiger partial charge is 0.327 e. The number of hydrogen-bond donors (Lipinski definition) is 1. The number of sulfone groups is 1. The molecular weight excluding hydrogens is 200 g/mol.